The molecule has 1 amide bonds. The topological polar surface area (TPSA) is 94.6 Å². The average Bonchev–Trinajstić information content (AvgIpc) is 2.93. The van der Waals surface area contributed by atoms with Gasteiger partial charge in [0.25, 0.3) is 5.91 Å². The van der Waals surface area contributed by atoms with Crippen LogP contribution in [0.15, 0.2) is 41.0 Å². The van der Waals surface area contributed by atoms with E-state index in [-0.39, 0.29) is 6.61 Å². The number of hydrazine groups is 1. The van der Waals surface area contributed by atoms with Crippen LogP contribution in [0.3, 0.4) is 0 Å². The molecule has 0 aliphatic heterocycles. The van der Waals surface area contributed by atoms with E-state index in [4.69, 9.17) is 15.0 Å². The molecular weight excluding hydrogens is 248 g/mol. The maximum atomic E-state index is 11.4. The van der Waals surface area contributed by atoms with Crippen LogP contribution in [0, 0.1) is 0 Å². The van der Waals surface area contributed by atoms with Crippen LogP contribution >= 0.6 is 0 Å². The standard InChI is InChI=1S/C13H12N2O4/c14-15-13(17)11-4-5-18-12(11)8-19-10-3-1-2-9(6-10)7-16/h1-7H,8,14H2,(H,15,17). The third-order valence-electron chi connectivity index (χ3n) is 2.49. The summed E-state index contributed by atoms with van der Waals surface area (Å²) in [5, 5.41) is 0. The second kappa shape index (κ2) is 5.83. The van der Waals surface area contributed by atoms with E-state index < -0.39 is 5.91 Å². The molecule has 98 valence electrons. The van der Waals surface area contributed by atoms with Crippen molar-refractivity contribution in [1.29, 1.82) is 0 Å². The minimum atomic E-state index is -0.450. The van der Waals surface area contributed by atoms with E-state index in [0.29, 0.717) is 22.6 Å². The Labute approximate surface area is 109 Å². The predicted octanol–water partition coefficient (Wildman–Crippen LogP) is 1.27. The Hall–Kier alpha value is -2.60. The number of nitrogens with one attached hydrogen (secondary N) is 1. The number of benzene rings is 1. The molecule has 1 aromatic carbocycles. The normalized spacial score (nSPS) is 9.95. The summed E-state index contributed by atoms with van der Waals surface area (Å²) < 4.78 is 10.6. The van der Waals surface area contributed by atoms with E-state index in [1.807, 2.05) is 5.43 Å². The quantitative estimate of drug-likeness (QED) is 0.365. The Bertz CT molecular complexity index is 592. The number of nitrogens with two attached hydrogens (primary N) is 1. The molecule has 0 saturated heterocycles. The van der Waals surface area contributed by atoms with Crippen LogP contribution in [0.5, 0.6) is 5.75 Å². The third-order valence-corrected chi connectivity index (χ3v) is 2.49. The van der Waals surface area contributed by atoms with Gasteiger partial charge in [-0.2, -0.15) is 0 Å². The molecule has 2 aromatic rings. The SMILES string of the molecule is NNC(=O)c1ccoc1COc1cccc(C=O)c1. The molecule has 0 unspecified atom stereocenters. The summed E-state index contributed by atoms with van der Waals surface area (Å²) >= 11 is 0. The first kappa shape index (κ1) is 12.8. The fraction of sp³-hybridized carbons (Fsp3) is 0.0769. The average molecular weight is 260 g/mol. The Balaban J connectivity index is 2.08. The first-order chi connectivity index (χ1) is 9.24. The van der Waals surface area contributed by atoms with Gasteiger partial charge < -0.3 is 9.15 Å². The number of ether oxygens (including phenoxy) is 1. The highest BCUT2D eigenvalue weighted by atomic mass is 16.5. The van der Waals surface area contributed by atoms with Crippen LogP contribution in [-0.4, -0.2) is 12.2 Å². The molecule has 1 heterocycles. The number of nitrogen functional groups attached to an aromatic ring is 1. The van der Waals surface area contributed by atoms with E-state index in [2.05, 4.69) is 0 Å². The molecule has 1 aromatic heterocycles. The number of carbonyl (C=O) groups is 2. The van der Waals surface area contributed by atoms with Gasteiger partial charge in [0.15, 0.2) is 5.76 Å². The molecule has 0 fully saturated rings. The van der Waals surface area contributed by atoms with Gasteiger partial charge in [0, 0.05) is 5.56 Å². The Morgan fingerprint density at radius 3 is 3.00 bits per heavy atom. The van der Waals surface area contributed by atoms with Gasteiger partial charge in [0.1, 0.15) is 18.6 Å². The molecule has 0 spiro atoms. The Kier molecular flexibility index (Phi) is 3.94. The summed E-state index contributed by atoms with van der Waals surface area (Å²) in [4.78, 5) is 22.0. The molecule has 0 saturated carbocycles. The van der Waals surface area contributed by atoms with E-state index in [1.54, 1.807) is 24.3 Å². The number of furan rings is 1. The van der Waals surface area contributed by atoms with Gasteiger partial charge in [-0.25, -0.2) is 5.84 Å². The van der Waals surface area contributed by atoms with Crippen molar-refractivity contribution in [1.82, 2.24) is 5.43 Å². The minimum absolute atomic E-state index is 0.0675. The van der Waals surface area contributed by atoms with Gasteiger partial charge in [-0.3, -0.25) is 15.0 Å². The zero-order valence-corrected chi connectivity index (χ0v) is 9.96. The fourth-order valence-electron chi connectivity index (χ4n) is 1.56. The van der Waals surface area contributed by atoms with Crippen molar-refractivity contribution in [2.45, 2.75) is 6.61 Å². The van der Waals surface area contributed by atoms with Crippen molar-refractivity contribution in [3.63, 3.8) is 0 Å². The fourth-order valence-corrected chi connectivity index (χ4v) is 1.56. The lowest BCUT2D eigenvalue weighted by atomic mass is 10.2. The first-order valence-electron chi connectivity index (χ1n) is 5.50. The van der Waals surface area contributed by atoms with Crippen LogP contribution in [0.4, 0.5) is 0 Å². The number of aldehydes is 1. The molecule has 0 radical (unpaired) electrons. The minimum Gasteiger partial charge on any atom is -0.486 e. The monoisotopic (exact) mass is 260 g/mol. The highest BCUT2D eigenvalue weighted by Gasteiger charge is 2.13. The van der Waals surface area contributed by atoms with Crippen LogP contribution in [0.2, 0.25) is 0 Å². The van der Waals surface area contributed by atoms with Crippen LogP contribution in [0.25, 0.3) is 0 Å². The summed E-state index contributed by atoms with van der Waals surface area (Å²) in [6.45, 7) is 0.0675. The molecule has 0 atom stereocenters. The molecule has 0 bridgehead atoms. The molecule has 6 heteroatoms. The van der Waals surface area contributed by atoms with Crippen molar-refractivity contribution in [3.05, 3.63) is 53.5 Å². The Morgan fingerprint density at radius 2 is 2.26 bits per heavy atom. The molecule has 19 heavy (non-hydrogen) atoms. The first-order valence-corrected chi connectivity index (χ1v) is 5.50. The van der Waals surface area contributed by atoms with Gasteiger partial charge in [-0.15, -0.1) is 0 Å². The summed E-state index contributed by atoms with van der Waals surface area (Å²) in [5.74, 6) is 5.48. The summed E-state index contributed by atoms with van der Waals surface area (Å²) in [6.07, 6.45) is 2.11. The number of carbonyl (C=O) groups excluding carboxylic acids is 2. The summed E-state index contributed by atoms with van der Waals surface area (Å²) in [6, 6.07) is 8.18. The largest absolute Gasteiger partial charge is 0.486 e. The van der Waals surface area contributed by atoms with Gasteiger partial charge in [0.05, 0.1) is 11.8 Å². The lowest BCUT2D eigenvalue weighted by Gasteiger charge is -2.06. The number of hydrogen-bond acceptors (Lipinski definition) is 5. The Morgan fingerprint density at radius 1 is 1.42 bits per heavy atom. The second-order valence-corrected chi connectivity index (χ2v) is 3.71. The van der Waals surface area contributed by atoms with Gasteiger partial charge in [0.2, 0.25) is 0 Å². The zero-order chi connectivity index (χ0) is 13.7. The van der Waals surface area contributed by atoms with Crippen molar-refractivity contribution < 1.29 is 18.7 Å². The molecule has 0 aliphatic carbocycles. The third kappa shape index (κ3) is 2.99. The smallest absolute Gasteiger partial charge is 0.268 e. The van der Waals surface area contributed by atoms with Gasteiger partial charge >= 0.3 is 0 Å². The molecule has 0 aliphatic rings. The number of rotatable bonds is 5. The number of hydrogen-bond donors (Lipinski definition) is 2. The van der Waals surface area contributed by atoms with Crippen molar-refractivity contribution in [2.75, 3.05) is 0 Å². The highest BCUT2D eigenvalue weighted by Crippen LogP contribution is 2.16. The van der Waals surface area contributed by atoms with E-state index in [9.17, 15) is 9.59 Å². The van der Waals surface area contributed by atoms with Crippen molar-refractivity contribution in [2.24, 2.45) is 5.84 Å². The van der Waals surface area contributed by atoms with E-state index >= 15 is 0 Å². The van der Waals surface area contributed by atoms with Crippen molar-refractivity contribution in [3.8, 4) is 5.75 Å². The maximum absolute atomic E-state index is 11.4. The highest BCUT2D eigenvalue weighted by molar-refractivity contribution is 5.94. The summed E-state index contributed by atoms with van der Waals surface area (Å²) in [7, 11) is 0. The lowest BCUT2D eigenvalue weighted by molar-refractivity contribution is 0.0949. The van der Waals surface area contributed by atoms with Gasteiger partial charge in [-0.1, -0.05) is 12.1 Å². The van der Waals surface area contributed by atoms with Crippen molar-refractivity contribution >= 4 is 12.2 Å². The van der Waals surface area contributed by atoms with Crippen LogP contribution in [-0.2, 0) is 6.61 Å². The predicted molar refractivity (Wildman–Crippen MR) is 66.5 cm³/mol. The summed E-state index contributed by atoms with van der Waals surface area (Å²) in [5.41, 5.74) is 2.85. The molecule has 3 N–H and O–H groups in total. The van der Waals surface area contributed by atoms with Gasteiger partial charge in [-0.05, 0) is 18.2 Å². The van der Waals surface area contributed by atoms with E-state index in [0.717, 1.165) is 6.29 Å². The number of amides is 1. The van der Waals surface area contributed by atoms with E-state index in [1.165, 1.54) is 12.3 Å². The van der Waals surface area contributed by atoms with Crippen LogP contribution < -0.4 is 16.0 Å². The van der Waals surface area contributed by atoms with Crippen LogP contribution in [0.1, 0.15) is 26.5 Å². The molecule has 6 nitrogen and oxygen atoms in total. The molecule has 2 rings (SSSR count). The lowest BCUT2D eigenvalue weighted by Crippen LogP contribution is -2.30. The maximum Gasteiger partial charge on any atom is 0.268 e. The zero-order valence-electron chi connectivity index (χ0n) is 9.96. The second-order valence-electron chi connectivity index (χ2n) is 3.71. The molecular formula is C13H12N2O4.